The van der Waals surface area contributed by atoms with Gasteiger partial charge < -0.3 is 10.2 Å². The third-order valence-corrected chi connectivity index (χ3v) is 4.56. The molecule has 1 heterocycles. The summed E-state index contributed by atoms with van der Waals surface area (Å²) in [6.45, 7) is 2.60. The molecule has 0 aliphatic carbocycles. The predicted octanol–water partition coefficient (Wildman–Crippen LogP) is 3.77. The molecule has 1 atom stereocenters. The first-order valence-corrected chi connectivity index (χ1v) is 8.39. The minimum atomic E-state index is -0.411. The molecule has 6 heteroatoms. The summed E-state index contributed by atoms with van der Waals surface area (Å²) in [4.78, 5) is 26.3. The van der Waals surface area contributed by atoms with Gasteiger partial charge in [0.1, 0.15) is 5.82 Å². The van der Waals surface area contributed by atoms with Crippen LogP contribution in [0.4, 0.5) is 10.1 Å². The summed E-state index contributed by atoms with van der Waals surface area (Å²) in [5, 5.41) is 3.40. The Morgan fingerprint density at radius 1 is 1.28 bits per heavy atom. The Balaban J connectivity index is 1.64. The maximum absolute atomic E-state index is 13.0. The van der Waals surface area contributed by atoms with Crippen LogP contribution in [-0.4, -0.2) is 23.3 Å². The average molecular weight is 361 g/mol. The van der Waals surface area contributed by atoms with Gasteiger partial charge >= 0.3 is 0 Å². The standard InChI is InChI=1S/C19H18ClFN2O2/c1-12-2-5-15(20)9-17(12)22-19(25)14-8-18(24)23(11-14)10-13-3-6-16(21)7-4-13/h2-7,9,14H,8,10-11H2,1H3,(H,22,25). The molecule has 2 aromatic rings. The SMILES string of the molecule is Cc1ccc(Cl)cc1NC(=O)C1CC(=O)N(Cc2ccc(F)cc2)C1. The van der Waals surface area contributed by atoms with Gasteiger partial charge in [0.05, 0.1) is 5.92 Å². The number of nitrogens with zero attached hydrogens (tertiary/aromatic N) is 1. The molecule has 1 unspecified atom stereocenters. The molecule has 0 saturated carbocycles. The number of amides is 2. The molecular formula is C19H18ClFN2O2. The molecule has 25 heavy (non-hydrogen) atoms. The van der Waals surface area contributed by atoms with Gasteiger partial charge in [-0.25, -0.2) is 4.39 Å². The molecule has 2 aromatic carbocycles. The highest BCUT2D eigenvalue weighted by atomic mass is 35.5. The van der Waals surface area contributed by atoms with Crippen molar-refractivity contribution in [2.45, 2.75) is 19.9 Å². The third-order valence-electron chi connectivity index (χ3n) is 4.33. The van der Waals surface area contributed by atoms with Crippen molar-refractivity contribution in [3.8, 4) is 0 Å². The first-order valence-electron chi connectivity index (χ1n) is 8.01. The lowest BCUT2D eigenvalue weighted by Gasteiger charge is -2.17. The summed E-state index contributed by atoms with van der Waals surface area (Å²) in [5.74, 6) is -0.996. The normalized spacial score (nSPS) is 17.0. The molecule has 3 rings (SSSR count). The van der Waals surface area contributed by atoms with E-state index in [0.29, 0.717) is 23.8 Å². The van der Waals surface area contributed by atoms with Crippen molar-refractivity contribution in [1.82, 2.24) is 4.90 Å². The van der Waals surface area contributed by atoms with Crippen LogP contribution < -0.4 is 5.32 Å². The lowest BCUT2D eigenvalue weighted by atomic mass is 10.1. The Kier molecular flexibility index (Phi) is 5.04. The topological polar surface area (TPSA) is 49.4 Å². The van der Waals surface area contributed by atoms with Crippen LogP contribution in [0.1, 0.15) is 17.5 Å². The van der Waals surface area contributed by atoms with Gasteiger partial charge in [0, 0.05) is 30.2 Å². The lowest BCUT2D eigenvalue weighted by molar-refractivity contribution is -0.128. The van der Waals surface area contributed by atoms with Crippen LogP contribution >= 0.6 is 11.6 Å². The maximum Gasteiger partial charge on any atom is 0.229 e. The van der Waals surface area contributed by atoms with Crippen molar-refractivity contribution >= 4 is 29.1 Å². The summed E-state index contributed by atoms with van der Waals surface area (Å²) >= 11 is 5.97. The largest absolute Gasteiger partial charge is 0.338 e. The Labute approximate surface area is 150 Å². The van der Waals surface area contributed by atoms with E-state index in [0.717, 1.165) is 11.1 Å². The van der Waals surface area contributed by atoms with Gasteiger partial charge in [0.25, 0.3) is 0 Å². The minimum absolute atomic E-state index is 0.0766. The molecule has 0 radical (unpaired) electrons. The zero-order valence-corrected chi connectivity index (χ0v) is 14.5. The van der Waals surface area contributed by atoms with Crippen LogP contribution in [0.5, 0.6) is 0 Å². The van der Waals surface area contributed by atoms with E-state index in [1.165, 1.54) is 12.1 Å². The Bertz CT molecular complexity index is 808. The summed E-state index contributed by atoms with van der Waals surface area (Å²) < 4.78 is 13.0. The highest BCUT2D eigenvalue weighted by Crippen LogP contribution is 2.24. The third kappa shape index (κ3) is 4.17. The van der Waals surface area contributed by atoms with E-state index >= 15 is 0 Å². The molecule has 130 valence electrons. The van der Waals surface area contributed by atoms with Crippen molar-refractivity contribution in [2.75, 3.05) is 11.9 Å². The molecule has 0 aromatic heterocycles. The van der Waals surface area contributed by atoms with Crippen molar-refractivity contribution in [3.05, 3.63) is 64.4 Å². The average Bonchev–Trinajstić information content (AvgIpc) is 2.94. The van der Waals surface area contributed by atoms with Crippen molar-refractivity contribution in [3.63, 3.8) is 0 Å². The number of likely N-dealkylation sites (tertiary alicyclic amines) is 1. The Hall–Kier alpha value is -2.40. The summed E-state index contributed by atoms with van der Waals surface area (Å²) in [5.41, 5.74) is 2.40. The Morgan fingerprint density at radius 3 is 2.72 bits per heavy atom. The van der Waals surface area contributed by atoms with Crippen LogP contribution in [-0.2, 0) is 16.1 Å². The number of aryl methyl sites for hydroxylation is 1. The second-order valence-electron chi connectivity index (χ2n) is 6.25. The molecule has 1 N–H and O–H groups in total. The number of carbonyl (C=O) groups is 2. The second-order valence-corrected chi connectivity index (χ2v) is 6.69. The number of anilines is 1. The molecule has 1 saturated heterocycles. The van der Waals surface area contributed by atoms with Crippen LogP contribution in [0.3, 0.4) is 0 Å². The zero-order valence-electron chi connectivity index (χ0n) is 13.8. The number of hydrogen-bond donors (Lipinski definition) is 1. The number of hydrogen-bond acceptors (Lipinski definition) is 2. The quantitative estimate of drug-likeness (QED) is 0.902. The highest BCUT2D eigenvalue weighted by molar-refractivity contribution is 6.31. The minimum Gasteiger partial charge on any atom is -0.338 e. The fourth-order valence-corrected chi connectivity index (χ4v) is 3.05. The van der Waals surface area contributed by atoms with Crippen LogP contribution in [0, 0.1) is 18.7 Å². The second kappa shape index (κ2) is 7.23. The lowest BCUT2D eigenvalue weighted by Crippen LogP contribution is -2.28. The number of benzene rings is 2. The molecule has 1 aliphatic heterocycles. The summed E-state index contributed by atoms with van der Waals surface area (Å²) in [7, 11) is 0. The number of nitrogens with one attached hydrogen (secondary N) is 1. The molecule has 1 aliphatic rings. The van der Waals surface area contributed by atoms with Crippen molar-refractivity contribution in [1.29, 1.82) is 0 Å². The molecule has 0 bridgehead atoms. The molecule has 0 spiro atoms. The molecular weight excluding hydrogens is 343 g/mol. The van der Waals surface area contributed by atoms with E-state index in [1.54, 1.807) is 29.2 Å². The van der Waals surface area contributed by atoms with Gasteiger partial charge in [-0.1, -0.05) is 29.8 Å². The van der Waals surface area contributed by atoms with E-state index in [2.05, 4.69) is 5.32 Å². The van der Waals surface area contributed by atoms with Gasteiger partial charge in [0.2, 0.25) is 11.8 Å². The van der Waals surface area contributed by atoms with Crippen LogP contribution in [0.2, 0.25) is 5.02 Å². The fourth-order valence-electron chi connectivity index (χ4n) is 2.87. The summed E-state index contributed by atoms with van der Waals surface area (Å²) in [6, 6.07) is 11.3. The first-order chi connectivity index (χ1) is 11.9. The van der Waals surface area contributed by atoms with Gasteiger partial charge in [-0.2, -0.15) is 0 Å². The van der Waals surface area contributed by atoms with E-state index in [9.17, 15) is 14.0 Å². The smallest absolute Gasteiger partial charge is 0.229 e. The Morgan fingerprint density at radius 2 is 2.00 bits per heavy atom. The zero-order chi connectivity index (χ0) is 18.0. The number of halogens is 2. The number of rotatable bonds is 4. The predicted molar refractivity (Wildman–Crippen MR) is 94.7 cm³/mol. The van der Waals surface area contributed by atoms with E-state index in [4.69, 9.17) is 11.6 Å². The van der Waals surface area contributed by atoms with Gasteiger partial charge in [-0.15, -0.1) is 0 Å². The van der Waals surface area contributed by atoms with Crippen LogP contribution in [0.25, 0.3) is 0 Å². The maximum atomic E-state index is 13.0. The van der Waals surface area contributed by atoms with Gasteiger partial charge in [-0.3, -0.25) is 9.59 Å². The molecule has 2 amide bonds. The first kappa shape index (κ1) is 17.4. The van der Waals surface area contributed by atoms with Crippen LogP contribution in [0.15, 0.2) is 42.5 Å². The fraction of sp³-hybridized carbons (Fsp3) is 0.263. The van der Waals surface area contributed by atoms with Gasteiger partial charge in [0.15, 0.2) is 0 Å². The number of carbonyl (C=O) groups excluding carboxylic acids is 2. The monoisotopic (exact) mass is 360 g/mol. The molecule has 1 fully saturated rings. The van der Waals surface area contributed by atoms with Gasteiger partial charge in [-0.05, 0) is 42.3 Å². The van der Waals surface area contributed by atoms with Crippen molar-refractivity contribution in [2.24, 2.45) is 5.92 Å². The van der Waals surface area contributed by atoms with E-state index in [1.807, 2.05) is 13.0 Å². The molecule has 4 nitrogen and oxygen atoms in total. The van der Waals surface area contributed by atoms with E-state index in [-0.39, 0.29) is 24.1 Å². The summed E-state index contributed by atoms with van der Waals surface area (Å²) in [6.07, 6.45) is 0.173. The van der Waals surface area contributed by atoms with E-state index < -0.39 is 5.92 Å². The highest BCUT2D eigenvalue weighted by Gasteiger charge is 2.34. The van der Waals surface area contributed by atoms with Crippen molar-refractivity contribution < 1.29 is 14.0 Å².